The van der Waals surface area contributed by atoms with Crippen molar-refractivity contribution < 1.29 is 9.90 Å². The van der Waals surface area contributed by atoms with Crippen LogP contribution in [0.1, 0.15) is 37.1 Å². The summed E-state index contributed by atoms with van der Waals surface area (Å²) >= 11 is 0. The van der Waals surface area contributed by atoms with Gasteiger partial charge in [-0.2, -0.15) is 5.10 Å². The molecule has 2 heterocycles. The summed E-state index contributed by atoms with van der Waals surface area (Å²) in [5.74, 6) is 0.667. The maximum atomic E-state index is 12.7. The van der Waals surface area contributed by atoms with Crippen LogP contribution < -0.4 is 5.32 Å². The minimum Gasteiger partial charge on any atom is -0.394 e. The Morgan fingerprint density at radius 3 is 2.91 bits per heavy atom. The second-order valence-electron chi connectivity index (χ2n) is 6.03. The third-order valence-electron chi connectivity index (χ3n) is 4.24. The molecule has 0 saturated carbocycles. The van der Waals surface area contributed by atoms with E-state index in [4.69, 9.17) is 0 Å². The largest absolute Gasteiger partial charge is 0.394 e. The van der Waals surface area contributed by atoms with Crippen molar-refractivity contribution in [2.75, 3.05) is 18.5 Å². The fourth-order valence-electron chi connectivity index (χ4n) is 3.10. The summed E-state index contributed by atoms with van der Waals surface area (Å²) in [6.45, 7) is 4.52. The van der Waals surface area contributed by atoms with Crippen LogP contribution in [0.15, 0.2) is 36.5 Å². The molecule has 1 aromatic heterocycles. The van der Waals surface area contributed by atoms with Crippen molar-refractivity contribution in [3.8, 4) is 0 Å². The van der Waals surface area contributed by atoms with Gasteiger partial charge in [-0.3, -0.25) is 5.32 Å². The molecule has 0 spiro atoms. The van der Waals surface area contributed by atoms with Gasteiger partial charge in [-0.15, -0.1) is 0 Å². The first-order chi connectivity index (χ1) is 11.1. The monoisotopic (exact) mass is 314 g/mol. The molecular formula is C17H22N4O2. The lowest BCUT2D eigenvalue weighted by molar-refractivity contribution is 0.135. The number of anilines is 1. The van der Waals surface area contributed by atoms with Crippen LogP contribution in [-0.2, 0) is 6.42 Å². The van der Waals surface area contributed by atoms with E-state index in [0.717, 1.165) is 12.0 Å². The molecule has 0 aliphatic carbocycles. The number of urea groups is 1. The minimum absolute atomic E-state index is 0.0894. The van der Waals surface area contributed by atoms with Gasteiger partial charge in [0.1, 0.15) is 5.82 Å². The average molecular weight is 314 g/mol. The molecule has 0 saturated heterocycles. The normalized spacial score (nSPS) is 17.2. The van der Waals surface area contributed by atoms with Crippen LogP contribution in [0.3, 0.4) is 0 Å². The van der Waals surface area contributed by atoms with Crippen LogP contribution in [0.2, 0.25) is 0 Å². The number of carbonyl (C=O) groups excluding carboxylic acids is 1. The number of rotatable bonds is 3. The Labute approximate surface area is 135 Å². The highest BCUT2D eigenvalue weighted by molar-refractivity contribution is 5.89. The number of nitrogens with zero attached hydrogens (tertiary/aromatic N) is 3. The number of hydrogen-bond donors (Lipinski definition) is 2. The molecule has 23 heavy (non-hydrogen) atoms. The molecule has 2 amide bonds. The van der Waals surface area contributed by atoms with Crippen molar-refractivity contribution in [3.05, 3.63) is 47.7 Å². The van der Waals surface area contributed by atoms with Gasteiger partial charge in [-0.25, -0.2) is 9.48 Å². The van der Waals surface area contributed by atoms with Gasteiger partial charge in [0.25, 0.3) is 0 Å². The molecule has 6 heteroatoms. The number of nitrogens with one attached hydrogen (secondary N) is 1. The topological polar surface area (TPSA) is 70.4 Å². The van der Waals surface area contributed by atoms with Crippen LogP contribution in [0.25, 0.3) is 0 Å². The Morgan fingerprint density at radius 2 is 2.17 bits per heavy atom. The van der Waals surface area contributed by atoms with Gasteiger partial charge in [0.05, 0.1) is 18.8 Å². The third kappa shape index (κ3) is 2.94. The molecule has 1 aliphatic heterocycles. The van der Waals surface area contributed by atoms with Gasteiger partial charge in [0.15, 0.2) is 0 Å². The zero-order valence-electron chi connectivity index (χ0n) is 13.4. The first-order valence-electron chi connectivity index (χ1n) is 7.91. The van der Waals surface area contributed by atoms with Crippen LogP contribution in [0, 0.1) is 0 Å². The Hall–Kier alpha value is -2.34. The summed E-state index contributed by atoms with van der Waals surface area (Å²) in [6, 6.07) is 9.40. The fourth-order valence-corrected chi connectivity index (χ4v) is 3.10. The summed E-state index contributed by atoms with van der Waals surface area (Å²) in [6.07, 6.45) is 2.47. The number of amides is 2. The summed E-state index contributed by atoms with van der Waals surface area (Å²) in [4.78, 5) is 14.4. The quantitative estimate of drug-likeness (QED) is 0.915. The van der Waals surface area contributed by atoms with Crippen molar-refractivity contribution in [1.29, 1.82) is 0 Å². The molecule has 0 bridgehead atoms. The number of fused-ring (bicyclic) bond motifs is 1. The fraction of sp³-hybridized carbons (Fsp3) is 0.412. The zero-order valence-corrected chi connectivity index (χ0v) is 13.4. The number of carbonyl (C=O) groups is 1. The third-order valence-corrected chi connectivity index (χ3v) is 4.24. The number of aliphatic hydroxyl groups is 1. The van der Waals surface area contributed by atoms with Crippen molar-refractivity contribution >= 4 is 11.8 Å². The summed E-state index contributed by atoms with van der Waals surface area (Å²) in [7, 11) is 0. The van der Waals surface area contributed by atoms with Gasteiger partial charge >= 0.3 is 6.03 Å². The minimum atomic E-state index is -0.310. The van der Waals surface area contributed by atoms with E-state index in [2.05, 4.69) is 16.5 Å². The van der Waals surface area contributed by atoms with Gasteiger partial charge < -0.3 is 10.0 Å². The molecule has 2 N–H and O–H groups in total. The second-order valence-corrected chi connectivity index (χ2v) is 6.03. The lowest BCUT2D eigenvalue weighted by Gasteiger charge is -2.36. The summed E-state index contributed by atoms with van der Waals surface area (Å²) in [5, 5.41) is 16.9. The molecule has 2 aromatic rings. The highest BCUT2D eigenvalue weighted by Crippen LogP contribution is 2.29. The molecule has 1 aliphatic rings. The zero-order chi connectivity index (χ0) is 16.4. The Morgan fingerprint density at radius 1 is 1.39 bits per heavy atom. The molecule has 0 radical (unpaired) electrons. The van der Waals surface area contributed by atoms with Gasteiger partial charge in [-0.05, 0) is 31.4 Å². The molecule has 0 fully saturated rings. The molecule has 1 unspecified atom stereocenters. The van der Waals surface area contributed by atoms with E-state index in [1.54, 1.807) is 21.8 Å². The smallest absolute Gasteiger partial charge is 0.323 e. The van der Waals surface area contributed by atoms with Crippen LogP contribution in [-0.4, -0.2) is 39.0 Å². The summed E-state index contributed by atoms with van der Waals surface area (Å²) in [5.41, 5.74) is 2.22. The average Bonchev–Trinajstić information content (AvgIpc) is 3.02. The number of aromatic nitrogens is 2. The molecular weight excluding hydrogens is 292 g/mol. The standard InChI is InChI=1S/C17H22N4O2/c1-12(2)21-16(7-9-18-21)19-17(23)20-10-8-13-5-3-4-6-14(13)15(20)11-22/h3-7,9,12,15,22H,8,10-11H2,1-2H3,(H,19,23). The maximum absolute atomic E-state index is 12.7. The lowest BCUT2D eigenvalue weighted by atomic mass is 9.93. The van der Waals surface area contributed by atoms with E-state index < -0.39 is 0 Å². The Bertz CT molecular complexity index is 695. The first kappa shape index (κ1) is 15.6. The Kier molecular flexibility index (Phi) is 4.34. The lowest BCUT2D eigenvalue weighted by Crippen LogP contribution is -2.44. The van der Waals surface area contributed by atoms with E-state index in [9.17, 15) is 9.90 Å². The van der Waals surface area contributed by atoms with Crippen molar-refractivity contribution in [2.24, 2.45) is 0 Å². The number of benzene rings is 1. The Balaban J connectivity index is 1.81. The van der Waals surface area contributed by atoms with E-state index in [1.807, 2.05) is 32.0 Å². The molecule has 122 valence electrons. The van der Waals surface area contributed by atoms with Crippen LogP contribution >= 0.6 is 0 Å². The van der Waals surface area contributed by atoms with Crippen molar-refractivity contribution in [2.45, 2.75) is 32.4 Å². The van der Waals surface area contributed by atoms with Crippen molar-refractivity contribution in [1.82, 2.24) is 14.7 Å². The van der Waals surface area contributed by atoms with E-state index in [1.165, 1.54) is 5.56 Å². The van der Waals surface area contributed by atoms with Crippen LogP contribution in [0.5, 0.6) is 0 Å². The maximum Gasteiger partial charge on any atom is 0.323 e. The number of aliphatic hydroxyl groups excluding tert-OH is 1. The number of hydrogen-bond acceptors (Lipinski definition) is 3. The predicted octanol–water partition coefficient (Wildman–Crippen LogP) is 2.59. The van der Waals surface area contributed by atoms with Crippen LogP contribution in [0.4, 0.5) is 10.6 Å². The molecule has 1 aromatic carbocycles. The van der Waals surface area contributed by atoms with E-state index in [-0.39, 0.29) is 24.7 Å². The van der Waals surface area contributed by atoms with Gasteiger partial charge in [0, 0.05) is 18.7 Å². The highest BCUT2D eigenvalue weighted by atomic mass is 16.3. The molecule has 1 atom stereocenters. The van der Waals surface area contributed by atoms with Gasteiger partial charge in [-0.1, -0.05) is 24.3 Å². The van der Waals surface area contributed by atoms with Crippen molar-refractivity contribution in [3.63, 3.8) is 0 Å². The predicted molar refractivity (Wildman–Crippen MR) is 88.3 cm³/mol. The second kappa shape index (κ2) is 6.42. The molecule has 6 nitrogen and oxygen atoms in total. The van der Waals surface area contributed by atoms with E-state index >= 15 is 0 Å². The summed E-state index contributed by atoms with van der Waals surface area (Å²) < 4.78 is 1.77. The first-order valence-corrected chi connectivity index (χ1v) is 7.91. The SMILES string of the molecule is CC(C)n1nccc1NC(=O)N1CCc2ccccc2C1CO. The molecule has 3 rings (SSSR count). The highest BCUT2D eigenvalue weighted by Gasteiger charge is 2.30. The van der Waals surface area contributed by atoms with E-state index in [0.29, 0.717) is 12.4 Å². The van der Waals surface area contributed by atoms with Gasteiger partial charge in [0.2, 0.25) is 0 Å².